The van der Waals surface area contributed by atoms with Gasteiger partial charge in [0, 0.05) is 26.3 Å². The average molecular weight is 270 g/mol. The average Bonchev–Trinajstić information content (AvgIpc) is 2.80. The molecule has 2 N–H and O–H groups in total. The van der Waals surface area contributed by atoms with Crippen LogP contribution in [0.3, 0.4) is 0 Å². The number of benzene rings is 1. The molecule has 0 amide bonds. The second kappa shape index (κ2) is 5.57. The molecule has 1 fully saturated rings. The first-order valence-corrected chi connectivity index (χ1v) is 7.30. The van der Waals surface area contributed by atoms with E-state index in [4.69, 9.17) is 5.73 Å². The molecular weight excluding hydrogens is 248 g/mol. The van der Waals surface area contributed by atoms with Crippen LogP contribution in [0.25, 0.3) is 0 Å². The first-order chi connectivity index (χ1) is 9.72. The van der Waals surface area contributed by atoms with Crippen molar-refractivity contribution in [1.82, 2.24) is 9.78 Å². The highest BCUT2D eigenvalue weighted by Gasteiger charge is 2.22. The zero-order valence-corrected chi connectivity index (χ0v) is 12.0. The van der Waals surface area contributed by atoms with E-state index in [0.29, 0.717) is 0 Å². The maximum absolute atomic E-state index is 6.01. The van der Waals surface area contributed by atoms with Crippen LogP contribution in [0.15, 0.2) is 36.5 Å². The van der Waals surface area contributed by atoms with E-state index in [2.05, 4.69) is 40.3 Å². The van der Waals surface area contributed by atoms with Gasteiger partial charge in [0.2, 0.25) is 0 Å². The number of hydrogen-bond donors (Lipinski definition) is 1. The minimum absolute atomic E-state index is 0.776. The van der Waals surface area contributed by atoms with Crippen molar-refractivity contribution >= 4 is 11.5 Å². The molecule has 0 unspecified atom stereocenters. The fourth-order valence-corrected chi connectivity index (χ4v) is 3.04. The largest absolute Gasteiger partial charge is 0.394 e. The van der Waals surface area contributed by atoms with Gasteiger partial charge in [-0.3, -0.25) is 4.68 Å². The molecule has 0 atom stereocenters. The predicted molar refractivity (Wildman–Crippen MR) is 82.7 cm³/mol. The standard InChI is InChI=1S/C16H22N4/c1-19-12-15(17)16(18-19)20-9-7-14(8-10-20)11-13-5-3-2-4-6-13/h2-6,12,14H,7-11,17H2,1H3. The second-order valence-electron chi connectivity index (χ2n) is 5.70. The molecule has 2 aromatic rings. The lowest BCUT2D eigenvalue weighted by atomic mass is 9.90. The summed E-state index contributed by atoms with van der Waals surface area (Å²) >= 11 is 0. The van der Waals surface area contributed by atoms with Gasteiger partial charge in [-0.15, -0.1) is 0 Å². The van der Waals surface area contributed by atoms with Crippen molar-refractivity contribution in [3.63, 3.8) is 0 Å². The second-order valence-corrected chi connectivity index (χ2v) is 5.70. The van der Waals surface area contributed by atoms with E-state index < -0.39 is 0 Å². The van der Waals surface area contributed by atoms with Crippen molar-refractivity contribution in [1.29, 1.82) is 0 Å². The molecule has 0 aliphatic carbocycles. The highest BCUT2D eigenvalue weighted by molar-refractivity contribution is 5.61. The molecule has 1 aliphatic heterocycles. The fourth-order valence-electron chi connectivity index (χ4n) is 3.04. The molecule has 0 saturated carbocycles. The van der Waals surface area contributed by atoms with Crippen molar-refractivity contribution in [2.24, 2.45) is 13.0 Å². The third kappa shape index (κ3) is 2.79. The Balaban J connectivity index is 1.58. The lowest BCUT2D eigenvalue weighted by Crippen LogP contribution is -2.35. The van der Waals surface area contributed by atoms with Crippen LogP contribution in [-0.4, -0.2) is 22.9 Å². The van der Waals surface area contributed by atoms with Crippen LogP contribution >= 0.6 is 0 Å². The number of aryl methyl sites for hydroxylation is 1. The quantitative estimate of drug-likeness (QED) is 0.932. The third-order valence-electron chi connectivity index (χ3n) is 4.12. The van der Waals surface area contributed by atoms with Crippen LogP contribution in [0.4, 0.5) is 11.5 Å². The Morgan fingerprint density at radius 2 is 1.90 bits per heavy atom. The zero-order chi connectivity index (χ0) is 13.9. The topological polar surface area (TPSA) is 47.1 Å². The molecule has 1 aliphatic rings. The molecule has 1 aromatic heterocycles. The van der Waals surface area contributed by atoms with Gasteiger partial charge in [-0.2, -0.15) is 5.10 Å². The van der Waals surface area contributed by atoms with Crippen LogP contribution in [0.1, 0.15) is 18.4 Å². The van der Waals surface area contributed by atoms with Gasteiger partial charge in [-0.25, -0.2) is 0 Å². The predicted octanol–water partition coefficient (Wildman–Crippen LogP) is 2.46. The smallest absolute Gasteiger partial charge is 0.173 e. The SMILES string of the molecule is Cn1cc(N)c(N2CCC(Cc3ccccc3)CC2)n1. The Hall–Kier alpha value is -1.97. The van der Waals surface area contributed by atoms with Gasteiger partial charge in [0.1, 0.15) is 0 Å². The minimum Gasteiger partial charge on any atom is -0.394 e. The molecular formula is C16H22N4. The van der Waals surface area contributed by atoms with Gasteiger partial charge in [-0.1, -0.05) is 30.3 Å². The molecule has 1 aromatic carbocycles. The Kier molecular flexibility index (Phi) is 3.63. The summed E-state index contributed by atoms with van der Waals surface area (Å²) in [7, 11) is 1.92. The molecule has 0 bridgehead atoms. The summed E-state index contributed by atoms with van der Waals surface area (Å²) in [6.45, 7) is 2.11. The molecule has 4 nitrogen and oxygen atoms in total. The van der Waals surface area contributed by atoms with Gasteiger partial charge in [0.05, 0.1) is 5.69 Å². The number of aromatic nitrogens is 2. The summed E-state index contributed by atoms with van der Waals surface area (Å²) in [5.41, 5.74) is 8.24. The van der Waals surface area contributed by atoms with Crippen molar-refractivity contribution in [3.05, 3.63) is 42.1 Å². The van der Waals surface area contributed by atoms with Gasteiger partial charge >= 0.3 is 0 Å². The zero-order valence-electron chi connectivity index (χ0n) is 12.0. The molecule has 0 spiro atoms. The molecule has 106 valence electrons. The maximum Gasteiger partial charge on any atom is 0.173 e. The summed E-state index contributed by atoms with van der Waals surface area (Å²) in [4.78, 5) is 2.32. The number of nitrogens with two attached hydrogens (primary N) is 1. The summed E-state index contributed by atoms with van der Waals surface area (Å²) in [5.74, 6) is 1.73. The van der Waals surface area contributed by atoms with E-state index in [1.807, 2.05) is 13.2 Å². The fraction of sp³-hybridized carbons (Fsp3) is 0.438. The first-order valence-electron chi connectivity index (χ1n) is 7.30. The van der Waals surface area contributed by atoms with Crippen LogP contribution in [-0.2, 0) is 13.5 Å². The van der Waals surface area contributed by atoms with Crippen molar-refractivity contribution in [3.8, 4) is 0 Å². The number of nitrogen functional groups attached to an aromatic ring is 1. The van der Waals surface area contributed by atoms with Crippen molar-refractivity contribution < 1.29 is 0 Å². The van der Waals surface area contributed by atoms with Gasteiger partial charge < -0.3 is 10.6 Å². The van der Waals surface area contributed by atoms with Crippen LogP contribution in [0.5, 0.6) is 0 Å². The Morgan fingerprint density at radius 3 is 2.50 bits per heavy atom. The molecule has 4 heteroatoms. The van der Waals surface area contributed by atoms with E-state index in [-0.39, 0.29) is 0 Å². The Morgan fingerprint density at radius 1 is 1.20 bits per heavy atom. The lowest BCUT2D eigenvalue weighted by Gasteiger charge is -2.32. The van der Waals surface area contributed by atoms with Crippen molar-refractivity contribution in [2.45, 2.75) is 19.3 Å². The third-order valence-corrected chi connectivity index (χ3v) is 4.12. The highest BCUT2D eigenvalue weighted by atomic mass is 15.3. The Labute approximate surface area is 120 Å². The number of nitrogens with zero attached hydrogens (tertiary/aromatic N) is 3. The molecule has 1 saturated heterocycles. The van der Waals surface area contributed by atoms with E-state index >= 15 is 0 Å². The normalized spacial score (nSPS) is 16.6. The van der Waals surface area contributed by atoms with Gasteiger partial charge in [-0.05, 0) is 30.7 Å². The molecule has 2 heterocycles. The van der Waals surface area contributed by atoms with E-state index in [0.717, 1.165) is 30.5 Å². The summed E-state index contributed by atoms with van der Waals surface area (Å²) in [5, 5.41) is 4.46. The highest BCUT2D eigenvalue weighted by Crippen LogP contribution is 2.27. The van der Waals surface area contributed by atoms with Crippen LogP contribution < -0.4 is 10.6 Å². The Bertz CT molecular complexity index is 553. The summed E-state index contributed by atoms with van der Waals surface area (Å²) < 4.78 is 1.79. The molecule has 3 rings (SSSR count). The van der Waals surface area contributed by atoms with Crippen molar-refractivity contribution in [2.75, 3.05) is 23.7 Å². The van der Waals surface area contributed by atoms with E-state index in [9.17, 15) is 0 Å². The molecule has 20 heavy (non-hydrogen) atoms. The van der Waals surface area contributed by atoms with E-state index in [1.54, 1.807) is 4.68 Å². The summed E-state index contributed by atoms with van der Waals surface area (Å²) in [6, 6.07) is 10.8. The van der Waals surface area contributed by atoms with Gasteiger partial charge in [0.15, 0.2) is 5.82 Å². The van der Waals surface area contributed by atoms with Gasteiger partial charge in [0.25, 0.3) is 0 Å². The number of anilines is 2. The maximum atomic E-state index is 6.01. The number of hydrogen-bond acceptors (Lipinski definition) is 3. The minimum atomic E-state index is 0.776. The number of rotatable bonds is 3. The summed E-state index contributed by atoms with van der Waals surface area (Å²) in [6.07, 6.45) is 5.49. The van der Waals surface area contributed by atoms with Crippen LogP contribution in [0, 0.1) is 5.92 Å². The van der Waals surface area contributed by atoms with E-state index in [1.165, 1.54) is 24.8 Å². The molecule has 0 radical (unpaired) electrons. The number of piperidine rings is 1. The van der Waals surface area contributed by atoms with Crippen LogP contribution in [0.2, 0.25) is 0 Å². The lowest BCUT2D eigenvalue weighted by molar-refractivity contribution is 0.402. The first kappa shape index (κ1) is 13.0. The monoisotopic (exact) mass is 270 g/mol.